The van der Waals surface area contributed by atoms with E-state index in [0.717, 1.165) is 23.2 Å². The van der Waals surface area contributed by atoms with Gasteiger partial charge in [0, 0.05) is 25.2 Å². The largest absolute Gasteiger partial charge is 0.338 e. The normalized spacial score (nSPS) is 10.4. The van der Waals surface area contributed by atoms with E-state index in [1.165, 1.54) is 0 Å². The predicted molar refractivity (Wildman–Crippen MR) is 102 cm³/mol. The van der Waals surface area contributed by atoms with Crippen LogP contribution >= 0.6 is 0 Å². The van der Waals surface area contributed by atoms with Gasteiger partial charge in [-0.3, -0.25) is 9.59 Å². The lowest BCUT2D eigenvalue weighted by Crippen LogP contribution is -2.31. The van der Waals surface area contributed by atoms with Gasteiger partial charge in [-0.2, -0.15) is 5.26 Å². The fraction of sp³-hybridized carbons (Fsp3) is 0.381. The smallest absolute Gasteiger partial charge is 0.266 e. The number of hydrogen-bond acceptors (Lipinski definition) is 3. The quantitative estimate of drug-likeness (QED) is 0.832. The van der Waals surface area contributed by atoms with Gasteiger partial charge in [-0.1, -0.05) is 37.3 Å². The molecule has 0 bridgehead atoms. The molecular weight excluding hydrogens is 326 g/mol. The van der Waals surface area contributed by atoms with Gasteiger partial charge in [-0.15, -0.1) is 0 Å². The minimum Gasteiger partial charge on any atom is -0.338 e. The minimum absolute atomic E-state index is 0.0826. The van der Waals surface area contributed by atoms with Gasteiger partial charge in [-0.05, 0) is 43.4 Å². The lowest BCUT2D eigenvalue weighted by Gasteiger charge is -2.23. The van der Waals surface area contributed by atoms with Crippen LogP contribution in [0.5, 0.6) is 0 Å². The Bertz CT molecular complexity index is 863. The van der Waals surface area contributed by atoms with Crippen LogP contribution in [0.25, 0.3) is 0 Å². The van der Waals surface area contributed by atoms with Gasteiger partial charge in [0.2, 0.25) is 5.91 Å². The average molecular weight is 351 g/mol. The topological polar surface area (TPSA) is 77.0 Å². The van der Waals surface area contributed by atoms with Crippen LogP contribution in [0.15, 0.2) is 35.1 Å². The minimum atomic E-state index is -0.366. The summed E-state index contributed by atoms with van der Waals surface area (Å²) in [4.78, 5) is 29.2. The molecule has 0 atom stereocenters. The molecule has 1 aromatic heterocycles. The third-order valence-electron chi connectivity index (χ3n) is 4.57. The summed E-state index contributed by atoms with van der Waals surface area (Å²) in [7, 11) is 0. The molecule has 0 saturated carbocycles. The first-order valence-electron chi connectivity index (χ1n) is 8.92. The van der Waals surface area contributed by atoms with Crippen molar-refractivity contribution in [2.75, 3.05) is 6.54 Å². The number of aromatic amines is 1. The van der Waals surface area contributed by atoms with Crippen LogP contribution in [-0.2, 0) is 17.8 Å². The molecule has 0 aliphatic carbocycles. The molecule has 0 aliphatic heterocycles. The standard InChI is InChI=1S/C21H25N3O2/c1-4-12-24(14-17-8-6-5-7-9-17)20(25)11-10-18-15(2)19(13-22)21(26)23-16(18)3/h5-9H,4,10-12,14H2,1-3H3,(H,23,26). The number of hydrogen-bond donors (Lipinski definition) is 1. The molecule has 0 unspecified atom stereocenters. The zero-order valence-electron chi connectivity index (χ0n) is 15.6. The van der Waals surface area contributed by atoms with Gasteiger partial charge in [0.1, 0.15) is 11.6 Å². The molecular formula is C21H25N3O2. The number of aryl methyl sites for hydroxylation is 1. The Balaban J connectivity index is 2.13. The summed E-state index contributed by atoms with van der Waals surface area (Å²) >= 11 is 0. The third-order valence-corrected chi connectivity index (χ3v) is 4.57. The second kappa shape index (κ2) is 9.00. The SMILES string of the molecule is CCCN(Cc1ccccc1)C(=O)CCc1c(C)[nH]c(=O)c(C#N)c1C. The highest BCUT2D eigenvalue weighted by molar-refractivity contribution is 5.76. The summed E-state index contributed by atoms with van der Waals surface area (Å²) in [5, 5.41) is 9.17. The van der Waals surface area contributed by atoms with Crippen LogP contribution in [0, 0.1) is 25.2 Å². The maximum atomic E-state index is 12.7. The van der Waals surface area contributed by atoms with E-state index in [1.54, 1.807) is 6.92 Å². The van der Waals surface area contributed by atoms with Crippen LogP contribution in [0.1, 0.15) is 47.7 Å². The van der Waals surface area contributed by atoms with Gasteiger partial charge in [0.25, 0.3) is 5.56 Å². The molecule has 0 radical (unpaired) electrons. The van der Waals surface area contributed by atoms with Crippen molar-refractivity contribution >= 4 is 5.91 Å². The van der Waals surface area contributed by atoms with Crippen molar-refractivity contribution in [1.29, 1.82) is 5.26 Å². The van der Waals surface area contributed by atoms with Crippen LogP contribution in [0.4, 0.5) is 0 Å². The van der Waals surface area contributed by atoms with Crippen molar-refractivity contribution in [1.82, 2.24) is 9.88 Å². The van der Waals surface area contributed by atoms with E-state index >= 15 is 0 Å². The van der Waals surface area contributed by atoms with Crippen molar-refractivity contribution < 1.29 is 4.79 Å². The summed E-state index contributed by atoms with van der Waals surface area (Å²) in [6.45, 7) is 6.94. The van der Waals surface area contributed by atoms with E-state index in [0.29, 0.717) is 31.5 Å². The predicted octanol–water partition coefficient (Wildman–Crippen LogP) is 3.23. The molecule has 136 valence electrons. The summed E-state index contributed by atoms with van der Waals surface area (Å²) < 4.78 is 0. The van der Waals surface area contributed by atoms with Crippen molar-refractivity contribution in [2.45, 2.75) is 46.6 Å². The maximum absolute atomic E-state index is 12.7. The average Bonchev–Trinajstić information content (AvgIpc) is 2.62. The number of amides is 1. The molecule has 1 N–H and O–H groups in total. The Morgan fingerprint density at radius 3 is 2.54 bits per heavy atom. The number of nitriles is 1. The van der Waals surface area contributed by atoms with E-state index in [-0.39, 0.29) is 17.0 Å². The fourth-order valence-corrected chi connectivity index (χ4v) is 3.18. The Morgan fingerprint density at radius 1 is 1.23 bits per heavy atom. The maximum Gasteiger partial charge on any atom is 0.266 e. The molecule has 1 aromatic carbocycles. The number of aromatic nitrogens is 1. The van der Waals surface area contributed by atoms with E-state index in [9.17, 15) is 9.59 Å². The molecule has 0 fully saturated rings. The molecule has 5 heteroatoms. The highest BCUT2D eigenvalue weighted by atomic mass is 16.2. The number of rotatable bonds is 7. The number of nitrogens with one attached hydrogen (secondary N) is 1. The molecule has 1 heterocycles. The second-order valence-corrected chi connectivity index (χ2v) is 6.47. The van der Waals surface area contributed by atoms with Crippen molar-refractivity contribution in [3.8, 4) is 6.07 Å². The Labute approximate surface area is 154 Å². The van der Waals surface area contributed by atoms with Crippen molar-refractivity contribution in [3.63, 3.8) is 0 Å². The van der Waals surface area contributed by atoms with Gasteiger partial charge >= 0.3 is 0 Å². The number of nitrogens with zero attached hydrogens (tertiary/aromatic N) is 2. The number of pyridine rings is 1. The van der Waals surface area contributed by atoms with Crippen LogP contribution in [0.3, 0.4) is 0 Å². The number of carbonyl (C=O) groups excluding carboxylic acids is 1. The summed E-state index contributed by atoms with van der Waals surface area (Å²) in [5.41, 5.74) is 3.15. The molecule has 26 heavy (non-hydrogen) atoms. The molecule has 1 amide bonds. The number of H-pyrrole nitrogens is 1. The summed E-state index contributed by atoms with van der Waals surface area (Å²) in [6, 6.07) is 11.9. The Hall–Kier alpha value is -2.87. The fourth-order valence-electron chi connectivity index (χ4n) is 3.18. The van der Waals surface area contributed by atoms with Crippen LogP contribution < -0.4 is 5.56 Å². The first-order chi connectivity index (χ1) is 12.5. The zero-order chi connectivity index (χ0) is 19.1. The molecule has 0 aliphatic rings. The molecule has 2 aromatic rings. The van der Waals surface area contributed by atoms with Gasteiger partial charge in [0.05, 0.1) is 0 Å². The molecule has 5 nitrogen and oxygen atoms in total. The molecule has 0 saturated heterocycles. The highest BCUT2D eigenvalue weighted by Crippen LogP contribution is 2.16. The first-order valence-corrected chi connectivity index (χ1v) is 8.92. The number of carbonyl (C=O) groups is 1. The lowest BCUT2D eigenvalue weighted by molar-refractivity contribution is -0.131. The Morgan fingerprint density at radius 2 is 1.92 bits per heavy atom. The summed E-state index contributed by atoms with van der Waals surface area (Å²) in [5.74, 6) is 0.0826. The first kappa shape index (κ1) is 19.5. The van der Waals surface area contributed by atoms with Gasteiger partial charge in [0.15, 0.2) is 0 Å². The lowest BCUT2D eigenvalue weighted by atomic mass is 9.99. The van der Waals surface area contributed by atoms with Crippen LogP contribution in [-0.4, -0.2) is 22.3 Å². The van der Waals surface area contributed by atoms with E-state index < -0.39 is 0 Å². The van der Waals surface area contributed by atoms with Gasteiger partial charge < -0.3 is 9.88 Å². The highest BCUT2D eigenvalue weighted by Gasteiger charge is 2.17. The second-order valence-electron chi connectivity index (χ2n) is 6.47. The third kappa shape index (κ3) is 4.60. The zero-order valence-corrected chi connectivity index (χ0v) is 15.6. The summed E-state index contributed by atoms with van der Waals surface area (Å²) in [6.07, 6.45) is 1.76. The molecule has 0 spiro atoms. The number of benzene rings is 1. The van der Waals surface area contributed by atoms with Crippen molar-refractivity contribution in [3.05, 3.63) is 68.6 Å². The monoisotopic (exact) mass is 351 g/mol. The van der Waals surface area contributed by atoms with Crippen molar-refractivity contribution in [2.24, 2.45) is 0 Å². The van der Waals surface area contributed by atoms with Crippen LogP contribution in [0.2, 0.25) is 0 Å². The van der Waals surface area contributed by atoms with E-state index in [4.69, 9.17) is 5.26 Å². The Kier molecular flexibility index (Phi) is 6.74. The van der Waals surface area contributed by atoms with E-state index in [1.807, 2.05) is 48.2 Å². The molecule has 2 rings (SSSR count). The van der Waals surface area contributed by atoms with Gasteiger partial charge in [-0.25, -0.2) is 0 Å². The van der Waals surface area contributed by atoms with E-state index in [2.05, 4.69) is 11.9 Å².